The van der Waals surface area contributed by atoms with E-state index in [0.29, 0.717) is 17.6 Å². The fourth-order valence-electron chi connectivity index (χ4n) is 1.91. The topological polar surface area (TPSA) is 72.5 Å². The maximum Gasteiger partial charge on any atom is 0.205 e. The molecule has 0 fully saturated rings. The lowest BCUT2D eigenvalue weighted by molar-refractivity contribution is 0.117. The first-order valence-electron chi connectivity index (χ1n) is 7.44. The highest BCUT2D eigenvalue weighted by molar-refractivity contribution is 7.14. The third-order valence-electron chi connectivity index (χ3n) is 3.01. The van der Waals surface area contributed by atoms with E-state index in [4.69, 9.17) is 10.5 Å². The average molecular weight is 318 g/mol. The maximum atomic E-state index is 5.67. The van der Waals surface area contributed by atoms with E-state index in [-0.39, 0.29) is 0 Å². The van der Waals surface area contributed by atoms with Gasteiger partial charge in [-0.2, -0.15) is 5.10 Å². The summed E-state index contributed by atoms with van der Waals surface area (Å²) in [5.41, 5.74) is 10.6. The first-order valence-corrected chi connectivity index (χ1v) is 8.32. The monoisotopic (exact) mass is 318 g/mol. The number of thiazole rings is 1. The van der Waals surface area contributed by atoms with Gasteiger partial charge >= 0.3 is 0 Å². The van der Waals surface area contributed by atoms with E-state index >= 15 is 0 Å². The Morgan fingerprint density at radius 1 is 1.41 bits per heavy atom. The highest BCUT2D eigenvalue weighted by Gasteiger charge is 1.97. The van der Waals surface area contributed by atoms with Crippen molar-refractivity contribution in [3.8, 4) is 0 Å². The number of benzene rings is 1. The third-order valence-corrected chi connectivity index (χ3v) is 3.77. The van der Waals surface area contributed by atoms with E-state index in [1.807, 2.05) is 12.1 Å². The molecule has 5 nitrogen and oxygen atoms in total. The predicted molar refractivity (Wildman–Crippen MR) is 93.4 cm³/mol. The molecule has 0 bridgehead atoms. The van der Waals surface area contributed by atoms with Gasteiger partial charge in [-0.15, -0.1) is 11.3 Å². The fourth-order valence-corrected chi connectivity index (χ4v) is 2.46. The van der Waals surface area contributed by atoms with Crippen LogP contribution in [0.4, 0.5) is 10.9 Å². The quantitative estimate of drug-likeness (QED) is 0.418. The SMILES string of the molecule is CCCCCOCc1cccc(C=NNc2nc(N)cs2)c1. The average Bonchev–Trinajstić information content (AvgIpc) is 2.93. The molecular formula is C16H22N4OS. The zero-order valence-electron chi connectivity index (χ0n) is 12.8. The second-order valence-corrected chi connectivity index (χ2v) is 5.81. The van der Waals surface area contributed by atoms with Crippen LogP contribution in [0.5, 0.6) is 0 Å². The molecular weight excluding hydrogens is 296 g/mol. The summed E-state index contributed by atoms with van der Waals surface area (Å²) >= 11 is 1.42. The van der Waals surface area contributed by atoms with Gasteiger partial charge in [0.2, 0.25) is 5.13 Å². The molecule has 1 aromatic carbocycles. The summed E-state index contributed by atoms with van der Waals surface area (Å²) < 4.78 is 5.67. The van der Waals surface area contributed by atoms with Crippen molar-refractivity contribution in [1.29, 1.82) is 0 Å². The van der Waals surface area contributed by atoms with Gasteiger partial charge in [-0.3, -0.25) is 5.43 Å². The zero-order chi connectivity index (χ0) is 15.6. The summed E-state index contributed by atoms with van der Waals surface area (Å²) in [6, 6.07) is 8.14. The Bertz CT molecular complexity index is 597. The van der Waals surface area contributed by atoms with E-state index in [1.165, 1.54) is 24.2 Å². The van der Waals surface area contributed by atoms with Crippen LogP contribution in [0.25, 0.3) is 0 Å². The number of hydrogen-bond donors (Lipinski definition) is 2. The molecule has 0 aliphatic carbocycles. The molecule has 0 radical (unpaired) electrons. The summed E-state index contributed by atoms with van der Waals surface area (Å²) in [5, 5.41) is 6.62. The van der Waals surface area contributed by atoms with Gasteiger partial charge < -0.3 is 10.5 Å². The lowest BCUT2D eigenvalue weighted by Gasteiger charge is -2.04. The summed E-state index contributed by atoms with van der Waals surface area (Å²) in [4.78, 5) is 4.08. The number of rotatable bonds is 9. The van der Waals surface area contributed by atoms with Crippen LogP contribution in [-0.4, -0.2) is 17.8 Å². The number of unbranched alkanes of at least 4 members (excludes halogenated alkanes) is 2. The minimum absolute atomic E-state index is 0.505. The minimum atomic E-state index is 0.505. The predicted octanol–water partition coefficient (Wildman–Crippen LogP) is 3.88. The molecule has 0 atom stereocenters. The highest BCUT2D eigenvalue weighted by atomic mass is 32.1. The molecule has 6 heteroatoms. The summed E-state index contributed by atoms with van der Waals surface area (Å²) in [6.45, 7) is 3.65. The number of nitrogens with one attached hydrogen (secondary N) is 1. The van der Waals surface area contributed by atoms with Crippen LogP contribution in [0.2, 0.25) is 0 Å². The molecule has 0 aliphatic heterocycles. The van der Waals surface area contributed by atoms with Gasteiger partial charge in [-0.25, -0.2) is 4.98 Å². The van der Waals surface area contributed by atoms with Gasteiger partial charge in [-0.05, 0) is 23.6 Å². The Morgan fingerprint density at radius 3 is 3.09 bits per heavy atom. The number of ether oxygens (including phenoxy) is 1. The molecule has 118 valence electrons. The van der Waals surface area contributed by atoms with Crippen molar-refractivity contribution in [2.24, 2.45) is 5.10 Å². The Morgan fingerprint density at radius 2 is 2.32 bits per heavy atom. The van der Waals surface area contributed by atoms with Crippen molar-refractivity contribution < 1.29 is 4.74 Å². The molecule has 0 aliphatic rings. The molecule has 22 heavy (non-hydrogen) atoms. The van der Waals surface area contributed by atoms with Crippen molar-refractivity contribution in [3.05, 3.63) is 40.8 Å². The summed E-state index contributed by atoms with van der Waals surface area (Å²) in [7, 11) is 0. The third kappa shape index (κ3) is 5.83. The van der Waals surface area contributed by atoms with E-state index in [9.17, 15) is 0 Å². The number of nitrogens with zero attached hydrogens (tertiary/aromatic N) is 2. The number of hydrogen-bond acceptors (Lipinski definition) is 6. The largest absolute Gasteiger partial charge is 0.383 e. The van der Waals surface area contributed by atoms with Gasteiger partial charge in [0.05, 0.1) is 12.8 Å². The van der Waals surface area contributed by atoms with Gasteiger partial charge in [-0.1, -0.05) is 38.0 Å². The fraction of sp³-hybridized carbons (Fsp3) is 0.375. The van der Waals surface area contributed by atoms with E-state index in [1.54, 1.807) is 11.6 Å². The van der Waals surface area contributed by atoms with Gasteiger partial charge in [0.25, 0.3) is 0 Å². The molecule has 2 rings (SSSR count). The second-order valence-electron chi connectivity index (χ2n) is 4.95. The molecule has 3 N–H and O–H groups in total. The van der Waals surface area contributed by atoms with Crippen LogP contribution in [-0.2, 0) is 11.3 Å². The zero-order valence-corrected chi connectivity index (χ0v) is 13.6. The van der Waals surface area contributed by atoms with Crippen molar-refractivity contribution in [2.75, 3.05) is 17.8 Å². The number of nitrogen functional groups attached to an aromatic ring is 1. The van der Waals surface area contributed by atoms with Crippen LogP contribution in [0, 0.1) is 0 Å². The van der Waals surface area contributed by atoms with E-state index < -0.39 is 0 Å². The number of anilines is 2. The van der Waals surface area contributed by atoms with Crippen LogP contribution >= 0.6 is 11.3 Å². The first-order chi connectivity index (χ1) is 10.8. The molecule has 0 saturated heterocycles. The summed E-state index contributed by atoms with van der Waals surface area (Å²) in [5.74, 6) is 0.505. The maximum absolute atomic E-state index is 5.67. The number of nitrogens with two attached hydrogens (primary N) is 1. The lowest BCUT2D eigenvalue weighted by atomic mass is 10.1. The van der Waals surface area contributed by atoms with Gasteiger partial charge in [0.15, 0.2) is 0 Å². The highest BCUT2D eigenvalue weighted by Crippen LogP contribution is 2.16. The van der Waals surface area contributed by atoms with Crippen LogP contribution < -0.4 is 11.2 Å². The van der Waals surface area contributed by atoms with Crippen LogP contribution in [0.15, 0.2) is 34.7 Å². The summed E-state index contributed by atoms with van der Waals surface area (Å²) in [6.07, 6.45) is 5.32. The smallest absolute Gasteiger partial charge is 0.205 e. The molecule has 0 spiro atoms. The molecule has 1 aromatic heterocycles. The molecule has 2 aromatic rings. The number of hydrazone groups is 1. The lowest BCUT2D eigenvalue weighted by Crippen LogP contribution is -1.97. The van der Waals surface area contributed by atoms with Gasteiger partial charge in [0.1, 0.15) is 5.82 Å². The molecule has 1 heterocycles. The van der Waals surface area contributed by atoms with E-state index in [0.717, 1.165) is 24.2 Å². The normalized spacial score (nSPS) is 11.1. The Balaban J connectivity index is 1.80. The standard InChI is InChI=1S/C16H22N4OS/c1-2-3-4-8-21-11-14-7-5-6-13(9-14)10-18-20-16-19-15(17)12-22-16/h5-7,9-10,12H,2-4,8,11,17H2,1H3,(H,19,20). The molecule has 0 saturated carbocycles. The van der Waals surface area contributed by atoms with Crippen LogP contribution in [0.3, 0.4) is 0 Å². The number of aromatic nitrogens is 1. The van der Waals surface area contributed by atoms with Gasteiger partial charge in [0, 0.05) is 12.0 Å². The molecule has 0 unspecified atom stereocenters. The van der Waals surface area contributed by atoms with Crippen molar-refractivity contribution in [3.63, 3.8) is 0 Å². The van der Waals surface area contributed by atoms with Crippen molar-refractivity contribution >= 4 is 28.5 Å². The van der Waals surface area contributed by atoms with E-state index in [2.05, 4.69) is 34.6 Å². The van der Waals surface area contributed by atoms with Crippen LogP contribution in [0.1, 0.15) is 37.3 Å². The Hall–Kier alpha value is -1.92. The Kier molecular flexibility index (Phi) is 6.86. The minimum Gasteiger partial charge on any atom is -0.383 e. The van der Waals surface area contributed by atoms with Crippen molar-refractivity contribution in [2.45, 2.75) is 32.8 Å². The Labute approximate surface area is 135 Å². The second kappa shape index (κ2) is 9.17. The first kappa shape index (κ1) is 16.5. The molecule has 0 amide bonds. The van der Waals surface area contributed by atoms with Crippen molar-refractivity contribution in [1.82, 2.24) is 4.98 Å².